The second-order valence-corrected chi connectivity index (χ2v) is 6.59. The Balaban J connectivity index is 1.66. The minimum atomic E-state index is 0.529. The largest absolute Gasteiger partial charge is 0.493 e. The zero-order valence-electron chi connectivity index (χ0n) is 12.4. The predicted molar refractivity (Wildman–Crippen MR) is 84.0 cm³/mol. The molecule has 1 aromatic carbocycles. The smallest absolute Gasteiger partial charge is 0.162 e. The van der Waals surface area contributed by atoms with Gasteiger partial charge in [-0.05, 0) is 37.5 Å². The van der Waals surface area contributed by atoms with Crippen LogP contribution < -0.4 is 14.8 Å². The summed E-state index contributed by atoms with van der Waals surface area (Å²) in [5, 5.41) is 4.57. The third-order valence-corrected chi connectivity index (χ3v) is 4.33. The molecule has 0 atom stereocenters. The summed E-state index contributed by atoms with van der Waals surface area (Å²) in [5.74, 6) is 1.56. The van der Waals surface area contributed by atoms with Crippen LogP contribution in [0.2, 0.25) is 0 Å². The second-order valence-electron chi connectivity index (χ2n) is 5.27. The molecule has 5 heteroatoms. The highest BCUT2D eigenvalue weighted by molar-refractivity contribution is 7.11. The molecule has 0 aliphatic heterocycles. The average Bonchev–Trinajstić information content (AvgIpc) is 3.24. The van der Waals surface area contributed by atoms with E-state index in [4.69, 9.17) is 9.47 Å². The van der Waals surface area contributed by atoms with Crippen LogP contribution in [0.5, 0.6) is 11.5 Å². The Hall–Kier alpha value is -1.59. The number of methoxy groups -OCH3 is 1. The molecular weight excluding hydrogens is 284 g/mol. The molecule has 4 nitrogen and oxygen atoms in total. The van der Waals surface area contributed by atoms with Gasteiger partial charge in [-0.3, -0.25) is 0 Å². The number of benzene rings is 1. The van der Waals surface area contributed by atoms with E-state index in [0.717, 1.165) is 27.9 Å². The molecule has 112 valence electrons. The predicted octanol–water partition coefficient (Wildman–Crippen LogP) is 3.29. The molecule has 0 radical (unpaired) electrons. The van der Waals surface area contributed by atoms with Crippen molar-refractivity contribution in [2.75, 3.05) is 7.11 Å². The minimum Gasteiger partial charge on any atom is -0.493 e. The summed E-state index contributed by atoms with van der Waals surface area (Å²) >= 11 is 1.66. The Morgan fingerprint density at radius 1 is 1.33 bits per heavy atom. The molecule has 3 rings (SSSR count). The van der Waals surface area contributed by atoms with Gasteiger partial charge in [0.1, 0.15) is 6.61 Å². The Bertz CT molecular complexity index is 608. The van der Waals surface area contributed by atoms with Crippen molar-refractivity contribution in [1.29, 1.82) is 0 Å². The first-order valence-electron chi connectivity index (χ1n) is 7.19. The van der Waals surface area contributed by atoms with E-state index in [1.54, 1.807) is 18.4 Å². The first-order valence-corrected chi connectivity index (χ1v) is 8.00. The lowest BCUT2D eigenvalue weighted by molar-refractivity contribution is 0.286. The maximum absolute atomic E-state index is 5.91. The van der Waals surface area contributed by atoms with E-state index in [9.17, 15) is 0 Å². The number of aryl methyl sites for hydroxylation is 1. The molecule has 1 aliphatic rings. The van der Waals surface area contributed by atoms with E-state index in [1.165, 1.54) is 18.4 Å². The van der Waals surface area contributed by atoms with Crippen LogP contribution in [0.3, 0.4) is 0 Å². The summed E-state index contributed by atoms with van der Waals surface area (Å²) in [6.45, 7) is 3.41. The molecule has 1 fully saturated rings. The van der Waals surface area contributed by atoms with Gasteiger partial charge in [-0.1, -0.05) is 6.07 Å². The van der Waals surface area contributed by atoms with Gasteiger partial charge in [-0.25, -0.2) is 4.98 Å². The lowest BCUT2D eigenvalue weighted by atomic mass is 10.2. The fourth-order valence-corrected chi connectivity index (χ4v) is 2.82. The van der Waals surface area contributed by atoms with E-state index in [2.05, 4.69) is 22.4 Å². The Morgan fingerprint density at radius 3 is 2.86 bits per heavy atom. The van der Waals surface area contributed by atoms with Gasteiger partial charge in [0.05, 0.1) is 17.0 Å². The third-order valence-electron chi connectivity index (χ3n) is 3.44. The molecule has 21 heavy (non-hydrogen) atoms. The highest BCUT2D eigenvalue weighted by Crippen LogP contribution is 2.30. The molecule has 1 N–H and O–H groups in total. The Kier molecular flexibility index (Phi) is 4.41. The molecule has 0 bridgehead atoms. The summed E-state index contributed by atoms with van der Waals surface area (Å²) < 4.78 is 11.3. The lowest BCUT2D eigenvalue weighted by Crippen LogP contribution is -2.15. The Morgan fingerprint density at radius 2 is 2.19 bits per heavy atom. The van der Waals surface area contributed by atoms with Crippen LogP contribution in [0.1, 0.15) is 28.3 Å². The number of hydrogen-bond donors (Lipinski definition) is 1. The highest BCUT2D eigenvalue weighted by Gasteiger charge is 2.20. The zero-order valence-corrected chi connectivity index (χ0v) is 13.2. The molecule has 0 amide bonds. The van der Waals surface area contributed by atoms with E-state index in [1.807, 2.05) is 19.2 Å². The minimum absolute atomic E-state index is 0.529. The summed E-state index contributed by atoms with van der Waals surface area (Å²) in [6.07, 6.45) is 4.46. The normalized spacial score (nSPS) is 14.2. The van der Waals surface area contributed by atoms with Crippen LogP contribution in [0.4, 0.5) is 0 Å². The van der Waals surface area contributed by atoms with Crippen LogP contribution in [0.25, 0.3) is 0 Å². The van der Waals surface area contributed by atoms with E-state index in [0.29, 0.717) is 12.6 Å². The fraction of sp³-hybridized carbons (Fsp3) is 0.438. The summed E-state index contributed by atoms with van der Waals surface area (Å²) in [5.41, 5.74) is 1.22. The number of nitrogens with one attached hydrogen (secondary N) is 1. The number of thiazole rings is 1. The molecular formula is C16H20N2O2S. The van der Waals surface area contributed by atoms with Gasteiger partial charge in [0.15, 0.2) is 11.5 Å². The van der Waals surface area contributed by atoms with E-state index in [-0.39, 0.29) is 0 Å². The highest BCUT2D eigenvalue weighted by atomic mass is 32.1. The monoisotopic (exact) mass is 304 g/mol. The van der Waals surface area contributed by atoms with Crippen molar-refractivity contribution in [3.8, 4) is 11.5 Å². The number of nitrogens with zero attached hydrogens (tertiary/aromatic N) is 1. The molecule has 1 heterocycles. The quantitative estimate of drug-likeness (QED) is 0.852. The fourth-order valence-electron chi connectivity index (χ4n) is 2.11. The van der Waals surface area contributed by atoms with E-state index < -0.39 is 0 Å². The molecule has 0 unspecified atom stereocenters. The average molecular weight is 304 g/mol. The van der Waals surface area contributed by atoms with Crippen molar-refractivity contribution in [1.82, 2.24) is 10.3 Å². The molecule has 1 aromatic heterocycles. The molecule has 0 spiro atoms. The summed E-state index contributed by atoms with van der Waals surface area (Å²) in [7, 11) is 1.67. The maximum atomic E-state index is 5.91. The van der Waals surface area contributed by atoms with Crippen LogP contribution in [-0.2, 0) is 13.2 Å². The van der Waals surface area contributed by atoms with Gasteiger partial charge < -0.3 is 14.8 Å². The summed E-state index contributed by atoms with van der Waals surface area (Å²) in [4.78, 5) is 5.36. The molecule has 0 saturated heterocycles. The van der Waals surface area contributed by atoms with Gasteiger partial charge in [0.25, 0.3) is 0 Å². The lowest BCUT2D eigenvalue weighted by Gasteiger charge is -2.12. The molecule has 1 aliphatic carbocycles. The van der Waals surface area contributed by atoms with Crippen molar-refractivity contribution in [2.24, 2.45) is 0 Å². The van der Waals surface area contributed by atoms with Gasteiger partial charge in [0, 0.05) is 18.8 Å². The van der Waals surface area contributed by atoms with Crippen LogP contribution in [0.15, 0.2) is 24.4 Å². The number of rotatable bonds is 7. The third kappa shape index (κ3) is 3.95. The zero-order chi connectivity index (χ0) is 14.7. The number of aromatic nitrogens is 1. The van der Waals surface area contributed by atoms with Crippen LogP contribution in [0, 0.1) is 6.92 Å². The van der Waals surface area contributed by atoms with Crippen molar-refractivity contribution in [3.63, 3.8) is 0 Å². The van der Waals surface area contributed by atoms with Crippen molar-refractivity contribution in [2.45, 2.75) is 39.0 Å². The van der Waals surface area contributed by atoms with Gasteiger partial charge in [-0.2, -0.15) is 0 Å². The maximum Gasteiger partial charge on any atom is 0.162 e. The SMILES string of the molecule is COc1ccc(CNC2CC2)cc1OCc1cnc(C)s1. The van der Waals surface area contributed by atoms with Crippen LogP contribution in [-0.4, -0.2) is 18.1 Å². The van der Waals surface area contributed by atoms with Gasteiger partial charge >= 0.3 is 0 Å². The standard InChI is InChI=1S/C16H20N2O2S/c1-11-17-9-14(21-11)10-20-16-7-12(3-6-15(16)19-2)8-18-13-4-5-13/h3,6-7,9,13,18H,4-5,8,10H2,1-2H3. The molecule has 2 aromatic rings. The van der Waals surface area contributed by atoms with E-state index >= 15 is 0 Å². The number of ether oxygens (including phenoxy) is 2. The van der Waals surface area contributed by atoms with Gasteiger partial charge in [-0.15, -0.1) is 11.3 Å². The molecule has 1 saturated carbocycles. The van der Waals surface area contributed by atoms with Crippen molar-refractivity contribution < 1.29 is 9.47 Å². The van der Waals surface area contributed by atoms with Crippen molar-refractivity contribution in [3.05, 3.63) is 39.8 Å². The van der Waals surface area contributed by atoms with Crippen molar-refractivity contribution >= 4 is 11.3 Å². The number of hydrogen-bond acceptors (Lipinski definition) is 5. The van der Waals surface area contributed by atoms with Crippen LogP contribution >= 0.6 is 11.3 Å². The Labute approximate surface area is 129 Å². The summed E-state index contributed by atoms with van der Waals surface area (Å²) in [6, 6.07) is 6.81. The van der Waals surface area contributed by atoms with Gasteiger partial charge in [0.2, 0.25) is 0 Å². The first kappa shape index (κ1) is 14.4. The topological polar surface area (TPSA) is 43.4 Å². The second kappa shape index (κ2) is 6.45. The first-order chi connectivity index (χ1) is 10.2.